The summed E-state index contributed by atoms with van der Waals surface area (Å²) in [4.78, 5) is 29.3. The minimum atomic E-state index is -0.674. The van der Waals surface area contributed by atoms with Crippen molar-refractivity contribution in [2.75, 3.05) is 11.9 Å². The Labute approximate surface area is 158 Å². The van der Waals surface area contributed by atoms with E-state index in [0.29, 0.717) is 15.9 Å². The van der Waals surface area contributed by atoms with Crippen LogP contribution in [-0.2, 0) is 0 Å². The molecule has 3 rings (SSSR count). The monoisotopic (exact) mass is 390 g/mol. The minimum Gasteiger partial charge on any atom is -0.392 e. The standard InChI is InChI=1S/C17H19FN6O2S/c1-8(25)5-20-16(26)13-14-15(22-10(3)27-14)24-17(23-13)21-9(2)11-4-12(18)7-19-6-11/h4,6-9,25H,5H2,1-3H3,(H,20,26)(H,21,23,24)/t8-,9?/m1/s1. The second kappa shape index (κ2) is 7.89. The van der Waals surface area contributed by atoms with Crippen LogP contribution in [0.4, 0.5) is 10.3 Å². The van der Waals surface area contributed by atoms with Gasteiger partial charge in [0.2, 0.25) is 5.95 Å². The number of fused-ring (bicyclic) bond motifs is 1. The van der Waals surface area contributed by atoms with E-state index < -0.39 is 17.8 Å². The lowest BCUT2D eigenvalue weighted by atomic mass is 10.1. The molecule has 0 spiro atoms. The first kappa shape index (κ1) is 19.1. The Bertz CT molecular complexity index is 977. The third kappa shape index (κ3) is 4.52. The van der Waals surface area contributed by atoms with Crippen molar-refractivity contribution in [3.63, 3.8) is 0 Å². The summed E-state index contributed by atoms with van der Waals surface area (Å²) in [5.41, 5.74) is 1.20. The van der Waals surface area contributed by atoms with Gasteiger partial charge < -0.3 is 15.7 Å². The number of rotatable bonds is 6. The molecule has 0 saturated carbocycles. The molecule has 1 unspecified atom stereocenters. The third-order valence-electron chi connectivity index (χ3n) is 3.71. The molecular formula is C17H19FN6O2S. The second-order valence-electron chi connectivity index (χ2n) is 6.14. The summed E-state index contributed by atoms with van der Waals surface area (Å²) in [6.45, 7) is 5.31. The van der Waals surface area contributed by atoms with Crippen LogP contribution >= 0.6 is 11.3 Å². The maximum atomic E-state index is 13.4. The molecule has 0 aliphatic carbocycles. The highest BCUT2D eigenvalue weighted by Gasteiger charge is 2.19. The summed E-state index contributed by atoms with van der Waals surface area (Å²) in [5, 5.41) is 15.8. The molecule has 3 heterocycles. The van der Waals surface area contributed by atoms with Gasteiger partial charge in [-0.2, -0.15) is 4.98 Å². The highest BCUT2D eigenvalue weighted by atomic mass is 32.1. The van der Waals surface area contributed by atoms with Crippen molar-refractivity contribution >= 4 is 33.5 Å². The van der Waals surface area contributed by atoms with Gasteiger partial charge in [-0.25, -0.2) is 14.4 Å². The molecule has 3 aromatic rings. The van der Waals surface area contributed by atoms with Crippen molar-refractivity contribution in [3.8, 4) is 0 Å². The SMILES string of the molecule is Cc1nc2nc(NC(C)c3cncc(F)c3)nc(C(=O)NC[C@@H](C)O)c2s1. The van der Waals surface area contributed by atoms with E-state index in [1.165, 1.54) is 17.4 Å². The van der Waals surface area contributed by atoms with Gasteiger partial charge in [-0.3, -0.25) is 9.78 Å². The number of thiazole rings is 1. The lowest BCUT2D eigenvalue weighted by molar-refractivity contribution is 0.0921. The summed E-state index contributed by atoms with van der Waals surface area (Å²) in [6, 6.07) is 1.03. The maximum absolute atomic E-state index is 13.4. The van der Waals surface area contributed by atoms with E-state index >= 15 is 0 Å². The van der Waals surface area contributed by atoms with Crippen molar-refractivity contribution in [3.05, 3.63) is 40.5 Å². The van der Waals surface area contributed by atoms with Crippen molar-refractivity contribution in [1.82, 2.24) is 25.3 Å². The largest absolute Gasteiger partial charge is 0.392 e. The predicted octanol–water partition coefficient (Wildman–Crippen LogP) is 2.21. The molecule has 0 aromatic carbocycles. The number of hydrogen-bond donors (Lipinski definition) is 3. The zero-order chi connectivity index (χ0) is 19.6. The molecule has 3 aromatic heterocycles. The van der Waals surface area contributed by atoms with Crippen LogP contribution in [0.3, 0.4) is 0 Å². The molecule has 1 amide bonds. The van der Waals surface area contributed by atoms with Gasteiger partial charge in [-0.15, -0.1) is 11.3 Å². The van der Waals surface area contributed by atoms with Gasteiger partial charge in [-0.05, 0) is 32.4 Å². The van der Waals surface area contributed by atoms with E-state index in [1.54, 1.807) is 13.1 Å². The molecule has 0 aliphatic rings. The summed E-state index contributed by atoms with van der Waals surface area (Å²) in [5.74, 6) is -0.660. The van der Waals surface area contributed by atoms with Crippen LogP contribution in [0, 0.1) is 12.7 Å². The number of carbonyl (C=O) groups excluding carboxylic acids is 1. The number of hydrogen-bond acceptors (Lipinski definition) is 8. The number of aliphatic hydroxyl groups is 1. The van der Waals surface area contributed by atoms with E-state index in [4.69, 9.17) is 0 Å². The molecule has 2 atom stereocenters. The zero-order valence-electron chi connectivity index (χ0n) is 15.0. The second-order valence-corrected chi connectivity index (χ2v) is 7.35. The van der Waals surface area contributed by atoms with Crippen LogP contribution in [0.2, 0.25) is 0 Å². The number of amides is 1. The fourth-order valence-corrected chi connectivity index (χ4v) is 3.26. The first-order valence-electron chi connectivity index (χ1n) is 8.32. The summed E-state index contributed by atoms with van der Waals surface area (Å²) in [6.07, 6.45) is 2.00. The smallest absolute Gasteiger partial charge is 0.271 e. The molecule has 142 valence electrons. The Morgan fingerprint density at radius 2 is 2.07 bits per heavy atom. The van der Waals surface area contributed by atoms with Crippen LogP contribution < -0.4 is 10.6 Å². The molecule has 0 fully saturated rings. The number of aromatic nitrogens is 4. The van der Waals surface area contributed by atoms with Gasteiger partial charge in [0, 0.05) is 12.7 Å². The number of halogens is 1. The van der Waals surface area contributed by atoms with E-state index in [9.17, 15) is 14.3 Å². The van der Waals surface area contributed by atoms with E-state index in [1.807, 2.05) is 13.8 Å². The van der Waals surface area contributed by atoms with Gasteiger partial charge in [0.1, 0.15) is 10.5 Å². The van der Waals surface area contributed by atoms with Gasteiger partial charge in [0.25, 0.3) is 5.91 Å². The molecule has 0 radical (unpaired) electrons. The number of aliphatic hydroxyl groups excluding tert-OH is 1. The fourth-order valence-electron chi connectivity index (χ4n) is 2.41. The minimum absolute atomic E-state index is 0.107. The number of nitrogens with zero attached hydrogens (tertiary/aromatic N) is 4. The Morgan fingerprint density at radius 1 is 1.30 bits per heavy atom. The quantitative estimate of drug-likeness (QED) is 0.591. The third-order valence-corrected chi connectivity index (χ3v) is 4.67. The number of nitrogens with one attached hydrogen (secondary N) is 2. The van der Waals surface area contributed by atoms with Crippen LogP contribution in [0.1, 0.15) is 40.9 Å². The molecule has 10 heteroatoms. The maximum Gasteiger partial charge on any atom is 0.271 e. The molecular weight excluding hydrogens is 371 g/mol. The normalized spacial score (nSPS) is 13.4. The number of carbonyl (C=O) groups is 1. The average molecular weight is 390 g/mol. The van der Waals surface area contributed by atoms with Gasteiger partial charge in [-0.1, -0.05) is 0 Å². The van der Waals surface area contributed by atoms with E-state index in [2.05, 4.69) is 30.6 Å². The summed E-state index contributed by atoms with van der Waals surface area (Å²) < 4.78 is 14.0. The summed E-state index contributed by atoms with van der Waals surface area (Å²) >= 11 is 1.32. The van der Waals surface area contributed by atoms with E-state index in [-0.39, 0.29) is 24.2 Å². The van der Waals surface area contributed by atoms with Gasteiger partial charge in [0.05, 0.1) is 23.4 Å². The van der Waals surface area contributed by atoms with Crippen molar-refractivity contribution < 1.29 is 14.3 Å². The van der Waals surface area contributed by atoms with Crippen LogP contribution in [0.15, 0.2) is 18.5 Å². The topological polar surface area (TPSA) is 113 Å². The van der Waals surface area contributed by atoms with Gasteiger partial charge in [0.15, 0.2) is 11.3 Å². The zero-order valence-corrected chi connectivity index (χ0v) is 15.8. The van der Waals surface area contributed by atoms with Crippen molar-refractivity contribution in [2.45, 2.75) is 32.9 Å². The van der Waals surface area contributed by atoms with Crippen LogP contribution in [0.5, 0.6) is 0 Å². The van der Waals surface area contributed by atoms with Crippen LogP contribution in [-0.4, -0.2) is 43.6 Å². The Morgan fingerprint density at radius 3 is 2.78 bits per heavy atom. The molecule has 27 heavy (non-hydrogen) atoms. The van der Waals surface area contributed by atoms with E-state index in [0.717, 1.165) is 11.2 Å². The number of pyridine rings is 1. The molecule has 0 aliphatic heterocycles. The molecule has 0 bridgehead atoms. The Hall–Kier alpha value is -2.72. The van der Waals surface area contributed by atoms with Crippen molar-refractivity contribution in [1.29, 1.82) is 0 Å². The van der Waals surface area contributed by atoms with Crippen molar-refractivity contribution in [2.24, 2.45) is 0 Å². The predicted molar refractivity (Wildman–Crippen MR) is 100 cm³/mol. The first-order chi connectivity index (χ1) is 12.8. The highest BCUT2D eigenvalue weighted by molar-refractivity contribution is 7.18. The lowest BCUT2D eigenvalue weighted by Crippen LogP contribution is -2.31. The Kier molecular flexibility index (Phi) is 5.57. The Balaban J connectivity index is 1.92. The lowest BCUT2D eigenvalue weighted by Gasteiger charge is -2.14. The molecule has 0 saturated heterocycles. The van der Waals surface area contributed by atoms with Gasteiger partial charge >= 0.3 is 0 Å². The first-order valence-corrected chi connectivity index (χ1v) is 9.13. The number of anilines is 1. The summed E-state index contributed by atoms with van der Waals surface area (Å²) in [7, 11) is 0. The highest BCUT2D eigenvalue weighted by Crippen LogP contribution is 2.26. The fraction of sp³-hybridized carbons (Fsp3) is 0.353. The molecule has 3 N–H and O–H groups in total. The van der Waals surface area contributed by atoms with Crippen LogP contribution in [0.25, 0.3) is 10.3 Å². The molecule has 8 nitrogen and oxygen atoms in total. The average Bonchev–Trinajstić information content (AvgIpc) is 2.98. The number of aryl methyl sites for hydroxylation is 1.